The zero-order valence-corrected chi connectivity index (χ0v) is 7.42. The number of hydrogen-bond acceptors (Lipinski definition) is 2. The van der Waals surface area contributed by atoms with E-state index in [1.54, 1.807) is 13.1 Å². The predicted octanol–water partition coefficient (Wildman–Crippen LogP) is 2.21. The number of allylic oxidation sites excluding steroid dienone is 1. The summed E-state index contributed by atoms with van der Waals surface area (Å²) >= 11 is 0. The van der Waals surface area contributed by atoms with Gasteiger partial charge in [-0.25, -0.2) is 0 Å². The average Bonchev–Trinajstić information content (AvgIpc) is 1.88. The highest BCUT2D eigenvalue weighted by Crippen LogP contribution is 2.21. The molecule has 0 heterocycles. The Hall–Kier alpha value is -0.920. The molecule has 11 heavy (non-hydrogen) atoms. The third-order valence-electron chi connectivity index (χ3n) is 1.79. The lowest BCUT2D eigenvalue weighted by atomic mass is 9.85. The van der Waals surface area contributed by atoms with E-state index in [1.165, 1.54) is 0 Å². The minimum atomic E-state index is -0.263. The molecule has 2 nitrogen and oxygen atoms in total. The smallest absolute Gasteiger partial charge is 0.135 e. The number of carbonyl (C=O) groups excluding carboxylic acids is 1. The molecule has 0 rings (SSSR count). The summed E-state index contributed by atoms with van der Waals surface area (Å²) in [5.74, 6) is 0.200. The summed E-state index contributed by atoms with van der Waals surface area (Å²) < 4.78 is 0. The number of hydrogen-bond donors (Lipinski definition) is 0. The van der Waals surface area contributed by atoms with E-state index < -0.39 is 0 Å². The lowest BCUT2D eigenvalue weighted by Gasteiger charge is -2.17. The van der Waals surface area contributed by atoms with E-state index in [0.29, 0.717) is 0 Å². The maximum absolute atomic E-state index is 11.0. The Morgan fingerprint density at radius 1 is 1.64 bits per heavy atom. The first-order chi connectivity index (χ1) is 5.00. The zero-order chi connectivity index (χ0) is 8.91. The third-order valence-corrected chi connectivity index (χ3v) is 1.79. The zero-order valence-electron chi connectivity index (χ0n) is 7.42. The van der Waals surface area contributed by atoms with Crippen LogP contribution >= 0.6 is 0 Å². The molecule has 0 unspecified atom stereocenters. The van der Waals surface area contributed by atoms with Crippen molar-refractivity contribution in [2.45, 2.75) is 27.2 Å². The van der Waals surface area contributed by atoms with E-state index in [-0.39, 0.29) is 11.2 Å². The molecule has 0 N–H and O–H groups in total. The number of aliphatic imine (C=N–C) groups is 1. The molecule has 0 aromatic heterocycles. The van der Waals surface area contributed by atoms with E-state index in [1.807, 2.05) is 19.9 Å². The van der Waals surface area contributed by atoms with Crippen molar-refractivity contribution in [3.8, 4) is 0 Å². The van der Waals surface area contributed by atoms with Gasteiger partial charge in [0.1, 0.15) is 5.78 Å². The van der Waals surface area contributed by atoms with Crippen LogP contribution in [0.4, 0.5) is 0 Å². The monoisotopic (exact) mass is 153 g/mol. The molecule has 0 aliphatic heterocycles. The predicted molar refractivity (Wildman–Crippen MR) is 47.8 cm³/mol. The maximum Gasteiger partial charge on any atom is 0.135 e. The van der Waals surface area contributed by atoms with Gasteiger partial charge in [0.05, 0.1) is 0 Å². The van der Waals surface area contributed by atoms with Gasteiger partial charge in [0.2, 0.25) is 0 Å². The fourth-order valence-corrected chi connectivity index (χ4v) is 0.566. The molecule has 0 fully saturated rings. The van der Waals surface area contributed by atoms with Crippen LogP contribution < -0.4 is 0 Å². The van der Waals surface area contributed by atoms with Crippen LogP contribution in [0, 0.1) is 5.41 Å². The summed E-state index contributed by atoms with van der Waals surface area (Å²) in [5, 5.41) is 0. The van der Waals surface area contributed by atoms with E-state index in [0.717, 1.165) is 6.42 Å². The van der Waals surface area contributed by atoms with E-state index >= 15 is 0 Å². The minimum Gasteiger partial charge on any atom is -0.299 e. The first kappa shape index (κ1) is 10.1. The summed E-state index contributed by atoms with van der Waals surface area (Å²) in [7, 11) is 0. The van der Waals surface area contributed by atoms with Crippen LogP contribution in [-0.4, -0.2) is 12.5 Å². The molecule has 0 saturated heterocycles. The van der Waals surface area contributed by atoms with Gasteiger partial charge in [-0.1, -0.05) is 19.9 Å². The highest BCUT2D eigenvalue weighted by Gasteiger charge is 2.21. The van der Waals surface area contributed by atoms with Crippen LogP contribution in [0.2, 0.25) is 0 Å². The van der Waals surface area contributed by atoms with E-state index in [2.05, 4.69) is 11.7 Å². The van der Waals surface area contributed by atoms with Crippen molar-refractivity contribution >= 4 is 12.5 Å². The second-order valence-corrected chi connectivity index (χ2v) is 3.21. The molecular formula is C9H15NO. The fraction of sp³-hybridized carbons (Fsp3) is 0.556. The Morgan fingerprint density at radius 3 is 2.55 bits per heavy atom. The van der Waals surface area contributed by atoms with Crippen LogP contribution in [-0.2, 0) is 4.79 Å². The molecule has 2 heteroatoms. The number of nitrogens with zero attached hydrogens (tertiary/aromatic N) is 1. The van der Waals surface area contributed by atoms with Gasteiger partial charge in [0.15, 0.2) is 0 Å². The van der Waals surface area contributed by atoms with Crippen molar-refractivity contribution in [1.29, 1.82) is 0 Å². The molecule has 0 amide bonds. The van der Waals surface area contributed by atoms with Crippen LogP contribution in [0.15, 0.2) is 17.3 Å². The van der Waals surface area contributed by atoms with Crippen molar-refractivity contribution in [2.24, 2.45) is 10.4 Å². The molecule has 62 valence electrons. The summed E-state index contributed by atoms with van der Waals surface area (Å²) in [6, 6.07) is 0. The molecule has 0 saturated carbocycles. The van der Waals surface area contributed by atoms with Crippen molar-refractivity contribution in [3.05, 3.63) is 12.3 Å². The molecule has 0 aromatic carbocycles. The van der Waals surface area contributed by atoms with Gasteiger partial charge in [-0.2, -0.15) is 0 Å². The van der Waals surface area contributed by atoms with Gasteiger partial charge in [0.25, 0.3) is 0 Å². The van der Waals surface area contributed by atoms with Crippen LogP contribution in [0.1, 0.15) is 27.2 Å². The summed E-state index contributed by atoms with van der Waals surface area (Å²) in [6.07, 6.45) is 4.19. The maximum atomic E-state index is 11.0. The first-order valence-electron chi connectivity index (χ1n) is 3.62. The fourth-order valence-electron chi connectivity index (χ4n) is 0.566. The van der Waals surface area contributed by atoms with Gasteiger partial charge in [-0.3, -0.25) is 9.79 Å². The van der Waals surface area contributed by atoms with Gasteiger partial charge in [-0.05, 0) is 20.1 Å². The number of Topliss-reactive ketones (excluding diaryl/α,β-unsaturated/α-hetero) is 1. The quantitative estimate of drug-likeness (QED) is 0.569. The molecule has 0 spiro atoms. The second kappa shape index (κ2) is 4.06. The number of carbonyl (C=O) groups is 1. The van der Waals surface area contributed by atoms with Crippen molar-refractivity contribution in [3.63, 3.8) is 0 Å². The molecule has 0 aliphatic carbocycles. The van der Waals surface area contributed by atoms with Gasteiger partial charge in [0, 0.05) is 11.6 Å². The Labute approximate surface area is 68.0 Å². The van der Waals surface area contributed by atoms with Crippen LogP contribution in [0.25, 0.3) is 0 Å². The minimum absolute atomic E-state index is 0.200. The Kier molecular flexibility index (Phi) is 3.72. The summed E-state index contributed by atoms with van der Waals surface area (Å²) in [5.41, 5.74) is -0.263. The van der Waals surface area contributed by atoms with E-state index in [4.69, 9.17) is 0 Å². The van der Waals surface area contributed by atoms with Crippen molar-refractivity contribution in [1.82, 2.24) is 0 Å². The summed E-state index contributed by atoms with van der Waals surface area (Å²) in [4.78, 5) is 14.5. The number of rotatable bonds is 4. The van der Waals surface area contributed by atoms with Crippen molar-refractivity contribution in [2.75, 3.05) is 0 Å². The highest BCUT2D eigenvalue weighted by atomic mass is 16.1. The molecule has 0 aliphatic rings. The lowest BCUT2D eigenvalue weighted by Crippen LogP contribution is -2.19. The number of ketones is 1. The largest absolute Gasteiger partial charge is 0.299 e. The molecule has 0 aromatic rings. The van der Waals surface area contributed by atoms with Crippen LogP contribution in [0.3, 0.4) is 0 Å². The highest BCUT2D eigenvalue weighted by molar-refractivity contribution is 5.81. The normalized spacial score (nSPS) is 11.9. The topological polar surface area (TPSA) is 29.4 Å². The first-order valence-corrected chi connectivity index (χ1v) is 3.62. The third kappa shape index (κ3) is 3.71. The Morgan fingerprint density at radius 2 is 2.18 bits per heavy atom. The van der Waals surface area contributed by atoms with Gasteiger partial charge >= 0.3 is 0 Å². The molecular weight excluding hydrogens is 138 g/mol. The van der Waals surface area contributed by atoms with Crippen molar-refractivity contribution < 1.29 is 4.79 Å². The SMILES string of the molecule is C=N/C=C\CC(C)(C)C(C)=O. The average molecular weight is 153 g/mol. The standard InChI is InChI=1S/C9H15NO/c1-8(11)9(2,3)6-5-7-10-4/h5,7H,4,6H2,1-3H3/b7-5-. The molecule has 0 bridgehead atoms. The Balaban J connectivity index is 4.02. The lowest BCUT2D eigenvalue weighted by molar-refractivity contribution is -0.124. The van der Waals surface area contributed by atoms with Crippen LogP contribution in [0.5, 0.6) is 0 Å². The van der Waals surface area contributed by atoms with Gasteiger partial charge < -0.3 is 0 Å². The Bertz CT molecular complexity index is 180. The van der Waals surface area contributed by atoms with E-state index in [9.17, 15) is 4.79 Å². The van der Waals surface area contributed by atoms with Gasteiger partial charge in [-0.15, -0.1) is 0 Å². The molecule has 0 radical (unpaired) electrons. The second-order valence-electron chi connectivity index (χ2n) is 3.21. The summed E-state index contributed by atoms with van der Waals surface area (Å²) in [6.45, 7) is 8.75. The molecule has 0 atom stereocenters.